The molecule has 0 aromatic heterocycles. The van der Waals surface area contributed by atoms with Crippen LogP contribution >= 0.6 is 0 Å². The molecular weight excluding hydrogens is 396 g/mol. The number of benzene rings is 3. The van der Waals surface area contributed by atoms with E-state index in [-0.39, 0.29) is 4.90 Å². The van der Waals surface area contributed by atoms with Gasteiger partial charge in [0.05, 0.1) is 22.5 Å². The molecule has 4 rings (SSSR count). The van der Waals surface area contributed by atoms with Gasteiger partial charge in [-0.15, -0.1) is 0 Å². The molecule has 1 aliphatic heterocycles. The molecule has 0 radical (unpaired) electrons. The summed E-state index contributed by atoms with van der Waals surface area (Å²) >= 11 is 0. The Kier molecular flexibility index (Phi) is 4.55. The Balaban J connectivity index is 1.75. The van der Waals surface area contributed by atoms with Crippen molar-refractivity contribution in [3.05, 3.63) is 66.2 Å². The summed E-state index contributed by atoms with van der Waals surface area (Å²) in [6.45, 7) is 0.394. The third-order valence-electron chi connectivity index (χ3n) is 4.85. The number of aryl methyl sites for hydroxylation is 1. The number of rotatable bonds is 4. The maximum Gasteiger partial charge on any atom is 0.262 e. The average molecular weight is 417 g/mol. The summed E-state index contributed by atoms with van der Waals surface area (Å²) in [5.41, 5.74) is 1.76. The Bertz CT molecular complexity index is 1260. The van der Waals surface area contributed by atoms with Crippen LogP contribution < -0.4 is 9.03 Å². The second-order valence-corrected chi connectivity index (χ2v) is 10.4. The minimum absolute atomic E-state index is 0.184. The molecule has 6 nitrogen and oxygen atoms in total. The van der Waals surface area contributed by atoms with Crippen molar-refractivity contribution in [3.8, 4) is 0 Å². The third-order valence-corrected chi connectivity index (χ3v) is 7.47. The van der Waals surface area contributed by atoms with Gasteiger partial charge in [0.15, 0.2) is 0 Å². The van der Waals surface area contributed by atoms with Gasteiger partial charge in [0.1, 0.15) is 0 Å². The minimum Gasteiger partial charge on any atom is -0.280 e. The molecule has 0 saturated heterocycles. The number of fused-ring (bicyclic) bond motifs is 2. The highest BCUT2D eigenvalue weighted by Gasteiger charge is 2.25. The van der Waals surface area contributed by atoms with Gasteiger partial charge in [0.25, 0.3) is 10.0 Å². The Morgan fingerprint density at radius 1 is 0.929 bits per heavy atom. The van der Waals surface area contributed by atoms with Gasteiger partial charge in [0.2, 0.25) is 10.0 Å². The predicted octanol–water partition coefficient (Wildman–Crippen LogP) is 3.35. The van der Waals surface area contributed by atoms with Crippen LogP contribution in [0.5, 0.6) is 0 Å². The van der Waals surface area contributed by atoms with Crippen LogP contribution in [0, 0.1) is 0 Å². The zero-order valence-electron chi connectivity index (χ0n) is 15.3. The summed E-state index contributed by atoms with van der Waals surface area (Å²) in [7, 11) is -7.26. The third kappa shape index (κ3) is 3.45. The van der Waals surface area contributed by atoms with Crippen molar-refractivity contribution in [3.63, 3.8) is 0 Å². The summed E-state index contributed by atoms with van der Waals surface area (Å²) in [5.74, 6) is 0. The molecule has 3 aromatic rings. The largest absolute Gasteiger partial charge is 0.280 e. The van der Waals surface area contributed by atoms with E-state index in [1.807, 2.05) is 18.2 Å². The van der Waals surface area contributed by atoms with Gasteiger partial charge in [-0.2, -0.15) is 0 Å². The highest BCUT2D eigenvalue weighted by atomic mass is 32.2. The highest BCUT2D eigenvalue weighted by molar-refractivity contribution is 7.93. The standard InChI is InChI=1S/C20H20N2O4S2/c1-27(23,24)22-13-5-8-16-11-12-17(14-19(16)22)21-28(25,26)20-10-4-7-15-6-2-3-9-18(15)20/h2-4,6-7,9-12,14,21H,5,8,13H2,1H3. The second kappa shape index (κ2) is 6.79. The summed E-state index contributed by atoms with van der Waals surface area (Å²) in [6, 6.07) is 17.5. The molecule has 1 N–H and O–H groups in total. The fraction of sp³-hybridized carbons (Fsp3) is 0.200. The Hall–Kier alpha value is -2.58. The van der Waals surface area contributed by atoms with Crippen molar-refractivity contribution in [2.75, 3.05) is 21.8 Å². The lowest BCUT2D eigenvalue weighted by molar-refractivity contribution is 0.592. The molecule has 0 unspecified atom stereocenters. The van der Waals surface area contributed by atoms with Gasteiger partial charge >= 0.3 is 0 Å². The van der Waals surface area contributed by atoms with Gasteiger partial charge in [-0.05, 0) is 42.0 Å². The van der Waals surface area contributed by atoms with Gasteiger partial charge in [0, 0.05) is 11.9 Å². The molecule has 3 aromatic carbocycles. The molecule has 28 heavy (non-hydrogen) atoms. The fourth-order valence-corrected chi connectivity index (χ4v) is 5.86. The van der Waals surface area contributed by atoms with Crippen LogP contribution in [0.2, 0.25) is 0 Å². The SMILES string of the molecule is CS(=O)(=O)N1CCCc2ccc(NS(=O)(=O)c3cccc4ccccc34)cc21. The first-order valence-corrected chi connectivity index (χ1v) is 12.2. The molecule has 0 atom stereocenters. The first-order valence-electron chi connectivity index (χ1n) is 8.87. The van der Waals surface area contributed by atoms with Gasteiger partial charge < -0.3 is 0 Å². The van der Waals surface area contributed by atoms with Crippen molar-refractivity contribution < 1.29 is 16.8 Å². The first-order chi connectivity index (χ1) is 13.3. The number of hydrogen-bond acceptors (Lipinski definition) is 4. The van der Waals surface area contributed by atoms with E-state index in [0.717, 1.165) is 30.0 Å². The van der Waals surface area contributed by atoms with E-state index in [1.54, 1.807) is 42.5 Å². The molecule has 0 spiro atoms. The maximum atomic E-state index is 13.0. The lowest BCUT2D eigenvalue weighted by atomic mass is 10.0. The van der Waals surface area contributed by atoms with Crippen molar-refractivity contribution in [1.29, 1.82) is 0 Å². The maximum absolute atomic E-state index is 13.0. The normalized spacial score (nSPS) is 14.7. The minimum atomic E-state index is -3.84. The number of nitrogens with one attached hydrogen (secondary N) is 1. The molecule has 0 saturated carbocycles. The monoisotopic (exact) mass is 416 g/mol. The van der Waals surface area contributed by atoms with E-state index in [4.69, 9.17) is 0 Å². The molecule has 1 heterocycles. The molecule has 1 aliphatic rings. The first kappa shape index (κ1) is 18.8. The van der Waals surface area contributed by atoms with E-state index in [0.29, 0.717) is 23.3 Å². The van der Waals surface area contributed by atoms with Crippen LogP contribution in [-0.4, -0.2) is 29.6 Å². The summed E-state index contributed by atoms with van der Waals surface area (Å²) in [6.07, 6.45) is 2.66. The lowest BCUT2D eigenvalue weighted by Crippen LogP contribution is -2.34. The van der Waals surface area contributed by atoms with Crippen molar-refractivity contribution >= 4 is 42.2 Å². The molecule has 8 heteroatoms. The lowest BCUT2D eigenvalue weighted by Gasteiger charge is -2.29. The Labute approximate surface area is 164 Å². The van der Waals surface area contributed by atoms with Crippen LogP contribution in [0.15, 0.2) is 65.6 Å². The van der Waals surface area contributed by atoms with Gasteiger partial charge in [-0.3, -0.25) is 9.03 Å². The van der Waals surface area contributed by atoms with E-state index in [9.17, 15) is 16.8 Å². The van der Waals surface area contributed by atoms with Gasteiger partial charge in [-0.1, -0.05) is 42.5 Å². The van der Waals surface area contributed by atoms with E-state index in [2.05, 4.69) is 4.72 Å². The van der Waals surface area contributed by atoms with Crippen molar-refractivity contribution in [2.45, 2.75) is 17.7 Å². The molecule has 0 amide bonds. The topological polar surface area (TPSA) is 83.6 Å². The zero-order valence-corrected chi connectivity index (χ0v) is 16.9. The average Bonchev–Trinajstić information content (AvgIpc) is 2.66. The number of sulfonamides is 2. The molecule has 0 bridgehead atoms. The smallest absolute Gasteiger partial charge is 0.262 e. The molecule has 146 valence electrons. The Morgan fingerprint density at radius 3 is 2.46 bits per heavy atom. The van der Waals surface area contributed by atoms with Crippen LogP contribution in [0.1, 0.15) is 12.0 Å². The van der Waals surface area contributed by atoms with Crippen LogP contribution in [-0.2, 0) is 26.5 Å². The van der Waals surface area contributed by atoms with E-state index >= 15 is 0 Å². The highest BCUT2D eigenvalue weighted by Crippen LogP contribution is 2.33. The molecular formula is C20H20N2O4S2. The number of hydrogen-bond donors (Lipinski definition) is 1. The van der Waals surface area contributed by atoms with E-state index in [1.165, 1.54) is 4.31 Å². The number of nitrogens with zero attached hydrogens (tertiary/aromatic N) is 1. The molecule has 0 fully saturated rings. The zero-order chi connectivity index (χ0) is 19.9. The van der Waals surface area contributed by atoms with Crippen molar-refractivity contribution in [2.24, 2.45) is 0 Å². The number of anilines is 2. The summed E-state index contributed by atoms with van der Waals surface area (Å²) < 4.78 is 54.2. The summed E-state index contributed by atoms with van der Waals surface area (Å²) in [4.78, 5) is 0.184. The second-order valence-electron chi connectivity index (χ2n) is 6.86. The quantitative estimate of drug-likeness (QED) is 0.707. The summed E-state index contributed by atoms with van der Waals surface area (Å²) in [5, 5.41) is 1.47. The Morgan fingerprint density at radius 2 is 1.68 bits per heavy atom. The predicted molar refractivity (Wildman–Crippen MR) is 112 cm³/mol. The fourth-order valence-electron chi connectivity index (χ4n) is 3.59. The van der Waals surface area contributed by atoms with Crippen molar-refractivity contribution in [1.82, 2.24) is 0 Å². The molecule has 0 aliphatic carbocycles. The van der Waals surface area contributed by atoms with Gasteiger partial charge in [-0.25, -0.2) is 16.8 Å². The van der Waals surface area contributed by atoms with Crippen LogP contribution in [0.4, 0.5) is 11.4 Å². The van der Waals surface area contributed by atoms with Crippen LogP contribution in [0.25, 0.3) is 10.8 Å². The van der Waals surface area contributed by atoms with E-state index < -0.39 is 20.0 Å². The van der Waals surface area contributed by atoms with Crippen LogP contribution in [0.3, 0.4) is 0 Å².